The van der Waals surface area contributed by atoms with Crippen molar-refractivity contribution in [3.63, 3.8) is 0 Å². The summed E-state index contributed by atoms with van der Waals surface area (Å²) in [5.41, 5.74) is 3.46. The Morgan fingerprint density at radius 1 is 1.00 bits per heavy atom. The zero-order chi connectivity index (χ0) is 19.6. The van der Waals surface area contributed by atoms with E-state index in [1.807, 2.05) is 30.3 Å². The van der Waals surface area contributed by atoms with E-state index in [0.717, 1.165) is 36.5 Å². The maximum absolute atomic E-state index is 12.5. The van der Waals surface area contributed by atoms with Gasteiger partial charge in [0.25, 0.3) is 0 Å². The van der Waals surface area contributed by atoms with E-state index in [2.05, 4.69) is 42.3 Å². The molecule has 0 atom stereocenters. The lowest BCUT2D eigenvalue weighted by molar-refractivity contribution is 0.206. The van der Waals surface area contributed by atoms with Gasteiger partial charge in [-0.2, -0.15) is 0 Å². The predicted octanol–water partition coefficient (Wildman–Crippen LogP) is 3.88. The topological polar surface area (TPSA) is 44.8 Å². The van der Waals surface area contributed by atoms with Crippen molar-refractivity contribution in [2.75, 3.05) is 27.2 Å². The van der Waals surface area contributed by atoms with Gasteiger partial charge in [-0.25, -0.2) is 4.79 Å². The molecule has 0 saturated carbocycles. The minimum Gasteiger partial charge on any atom is -0.497 e. The Bertz CT molecular complexity index is 729. The van der Waals surface area contributed by atoms with Crippen LogP contribution in [0.3, 0.4) is 0 Å². The van der Waals surface area contributed by atoms with Gasteiger partial charge in [0, 0.05) is 26.7 Å². The second-order valence-electron chi connectivity index (χ2n) is 6.60. The third-order valence-electron chi connectivity index (χ3n) is 4.74. The third kappa shape index (κ3) is 6.29. The first kappa shape index (κ1) is 20.8. The van der Waals surface area contributed by atoms with E-state index in [4.69, 9.17) is 4.74 Å². The Kier molecular flexibility index (Phi) is 8.14. The Balaban J connectivity index is 1.94. The SMILES string of the molecule is CCN(CC)Cc1ccccc1CNC(=O)N(C)Cc1cccc(OC)c1. The minimum atomic E-state index is -0.0875. The summed E-state index contributed by atoms with van der Waals surface area (Å²) in [7, 11) is 3.45. The molecule has 2 rings (SSSR count). The Morgan fingerprint density at radius 2 is 1.70 bits per heavy atom. The fourth-order valence-corrected chi connectivity index (χ4v) is 2.99. The van der Waals surface area contributed by atoms with Gasteiger partial charge in [-0.3, -0.25) is 4.90 Å². The van der Waals surface area contributed by atoms with E-state index in [1.165, 1.54) is 5.56 Å². The molecule has 0 spiro atoms. The van der Waals surface area contributed by atoms with Gasteiger partial charge in [0.2, 0.25) is 0 Å². The van der Waals surface area contributed by atoms with E-state index >= 15 is 0 Å². The van der Waals surface area contributed by atoms with Crippen LogP contribution in [0.15, 0.2) is 48.5 Å². The van der Waals surface area contributed by atoms with Crippen LogP contribution in [0.25, 0.3) is 0 Å². The molecule has 0 radical (unpaired) electrons. The number of methoxy groups -OCH3 is 1. The number of benzene rings is 2. The second kappa shape index (κ2) is 10.6. The molecule has 2 amide bonds. The summed E-state index contributed by atoms with van der Waals surface area (Å²) in [6.07, 6.45) is 0. The highest BCUT2D eigenvalue weighted by Crippen LogP contribution is 2.14. The molecule has 5 heteroatoms. The van der Waals surface area contributed by atoms with E-state index in [-0.39, 0.29) is 6.03 Å². The van der Waals surface area contributed by atoms with Crippen LogP contribution in [0.5, 0.6) is 5.75 Å². The number of rotatable bonds is 9. The molecule has 0 heterocycles. The largest absolute Gasteiger partial charge is 0.497 e. The van der Waals surface area contributed by atoms with Gasteiger partial charge in [-0.1, -0.05) is 50.2 Å². The molecule has 146 valence electrons. The quantitative estimate of drug-likeness (QED) is 0.730. The van der Waals surface area contributed by atoms with Gasteiger partial charge < -0.3 is 15.0 Å². The van der Waals surface area contributed by atoms with E-state index < -0.39 is 0 Å². The molecule has 5 nitrogen and oxygen atoms in total. The normalized spacial score (nSPS) is 10.7. The molecule has 0 unspecified atom stereocenters. The molecule has 0 aliphatic carbocycles. The zero-order valence-corrected chi connectivity index (χ0v) is 16.9. The summed E-state index contributed by atoms with van der Waals surface area (Å²) in [5, 5.41) is 3.03. The van der Waals surface area contributed by atoms with Crippen molar-refractivity contribution in [3.05, 3.63) is 65.2 Å². The number of nitrogens with zero attached hydrogens (tertiary/aromatic N) is 2. The summed E-state index contributed by atoms with van der Waals surface area (Å²) < 4.78 is 5.24. The fraction of sp³-hybridized carbons (Fsp3) is 0.409. The Morgan fingerprint density at radius 3 is 2.37 bits per heavy atom. The lowest BCUT2D eigenvalue weighted by Gasteiger charge is -2.21. The molecule has 2 aromatic carbocycles. The van der Waals surface area contributed by atoms with Gasteiger partial charge in [-0.05, 0) is 41.9 Å². The zero-order valence-electron chi connectivity index (χ0n) is 16.9. The van der Waals surface area contributed by atoms with E-state index in [1.54, 1.807) is 19.1 Å². The summed E-state index contributed by atoms with van der Waals surface area (Å²) >= 11 is 0. The number of hydrogen-bond acceptors (Lipinski definition) is 3. The first-order valence-electron chi connectivity index (χ1n) is 9.48. The predicted molar refractivity (Wildman–Crippen MR) is 110 cm³/mol. The smallest absolute Gasteiger partial charge is 0.317 e. The Labute approximate surface area is 162 Å². The number of carbonyl (C=O) groups excluding carboxylic acids is 1. The monoisotopic (exact) mass is 369 g/mol. The maximum Gasteiger partial charge on any atom is 0.317 e. The molecule has 0 aliphatic heterocycles. The molecule has 27 heavy (non-hydrogen) atoms. The molecule has 0 fully saturated rings. The third-order valence-corrected chi connectivity index (χ3v) is 4.74. The van der Waals surface area contributed by atoms with Gasteiger partial charge in [0.05, 0.1) is 7.11 Å². The molecule has 1 N–H and O–H groups in total. The molecule has 0 saturated heterocycles. The molecule has 0 aliphatic rings. The molecular weight excluding hydrogens is 338 g/mol. The number of nitrogens with one attached hydrogen (secondary N) is 1. The molecule has 2 aromatic rings. The van der Waals surface area contributed by atoms with Crippen molar-refractivity contribution < 1.29 is 9.53 Å². The highest BCUT2D eigenvalue weighted by atomic mass is 16.5. The van der Waals surface area contributed by atoms with E-state index in [0.29, 0.717) is 13.1 Å². The van der Waals surface area contributed by atoms with Crippen LogP contribution in [0.1, 0.15) is 30.5 Å². The van der Waals surface area contributed by atoms with Crippen LogP contribution in [-0.2, 0) is 19.6 Å². The lowest BCUT2D eigenvalue weighted by Crippen LogP contribution is -2.36. The van der Waals surface area contributed by atoms with Gasteiger partial charge in [0.15, 0.2) is 0 Å². The Hall–Kier alpha value is -2.53. The molecule has 0 bridgehead atoms. The molecule has 0 aromatic heterocycles. The summed E-state index contributed by atoms with van der Waals surface area (Å²) in [5.74, 6) is 0.798. The van der Waals surface area contributed by atoms with Crippen LogP contribution in [0.4, 0.5) is 4.79 Å². The maximum atomic E-state index is 12.5. The average molecular weight is 370 g/mol. The van der Waals surface area contributed by atoms with Crippen molar-refractivity contribution in [2.24, 2.45) is 0 Å². The fourth-order valence-electron chi connectivity index (χ4n) is 2.99. The van der Waals surface area contributed by atoms with Gasteiger partial charge in [-0.15, -0.1) is 0 Å². The van der Waals surface area contributed by atoms with Crippen molar-refractivity contribution in [1.29, 1.82) is 0 Å². The lowest BCUT2D eigenvalue weighted by atomic mass is 10.1. The van der Waals surface area contributed by atoms with Gasteiger partial charge >= 0.3 is 6.03 Å². The number of urea groups is 1. The van der Waals surface area contributed by atoms with Gasteiger partial charge in [0.1, 0.15) is 5.75 Å². The van der Waals surface area contributed by atoms with Crippen LogP contribution in [0, 0.1) is 0 Å². The van der Waals surface area contributed by atoms with Crippen molar-refractivity contribution in [2.45, 2.75) is 33.5 Å². The van der Waals surface area contributed by atoms with Crippen molar-refractivity contribution in [1.82, 2.24) is 15.1 Å². The summed E-state index contributed by atoms with van der Waals surface area (Å²) in [4.78, 5) is 16.5. The molecular formula is C22H31N3O2. The van der Waals surface area contributed by atoms with Crippen LogP contribution in [-0.4, -0.2) is 43.1 Å². The number of carbonyl (C=O) groups is 1. The highest BCUT2D eigenvalue weighted by molar-refractivity contribution is 5.73. The van der Waals surface area contributed by atoms with Crippen LogP contribution >= 0.6 is 0 Å². The van der Waals surface area contributed by atoms with Crippen molar-refractivity contribution in [3.8, 4) is 5.75 Å². The van der Waals surface area contributed by atoms with Crippen LogP contribution in [0.2, 0.25) is 0 Å². The first-order valence-corrected chi connectivity index (χ1v) is 9.48. The van der Waals surface area contributed by atoms with Crippen LogP contribution < -0.4 is 10.1 Å². The van der Waals surface area contributed by atoms with Crippen molar-refractivity contribution >= 4 is 6.03 Å². The van der Waals surface area contributed by atoms with E-state index in [9.17, 15) is 4.79 Å². The minimum absolute atomic E-state index is 0.0875. The number of ether oxygens (including phenoxy) is 1. The average Bonchev–Trinajstić information content (AvgIpc) is 2.70. The summed E-state index contributed by atoms with van der Waals surface area (Å²) in [6.45, 7) is 8.32. The highest BCUT2D eigenvalue weighted by Gasteiger charge is 2.11. The summed E-state index contributed by atoms with van der Waals surface area (Å²) in [6, 6.07) is 16.0. The standard InChI is InChI=1S/C22H31N3O2/c1-5-25(6-2)17-20-12-8-7-11-19(20)15-23-22(26)24(3)16-18-10-9-13-21(14-18)27-4/h7-14H,5-6,15-17H2,1-4H3,(H,23,26). The first-order chi connectivity index (χ1) is 13.1. The number of amides is 2. The number of hydrogen-bond donors (Lipinski definition) is 1. The second-order valence-corrected chi connectivity index (χ2v) is 6.60.